The molecule has 0 bridgehead atoms. The van der Waals surface area contributed by atoms with E-state index in [2.05, 4.69) is 77.6 Å². The zero-order valence-electron chi connectivity index (χ0n) is 29.0. The van der Waals surface area contributed by atoms with E-state index in [1.807, 2.05) is 81.2 Å². The van der Waals surface area contributed by atoms with E-state index < -0.39 is 6.67 Å². The molecular formula is C41H39BrF2N8S2. The highest BCUT2D eigenvalue weighted by Gasteiger charge is 2.10. The van der Waals surface area contributed by atoms with Gasteiger partial charge in [0, 0.05) is 106 Å². The molecule has 8 rings (SSSR count). The van der Waals surface area contributed by atoms with Gasteiger partial charge in [0.25, 0.3) is 0 Å². The van der Waals surface area contributed by atoms with E-state index in [4.69, 9.17) is 9.97 Å². The van der Waals surface area contributed by atoms with Crippen molar-refractivity contribution in [3.63, 3.8) is 0 Å². The normalized spacial score (nSPS) is 10.5. The first-order valence-corrected chi connectivity index (χ1v) is 19.4. The molecule has 0 aromatic carbocycles. The fourth-order valence-corrected chi connectivity index (χ4v) is 7.20. The van der Waals surface area contributed by atoms with E-state index in [9.17, 15) is 8.78 Å². The number of hydrogen-bond acceptors (Lipinski definition) is 10. The van der Waals surface area contributed by atoms with Gasteiger partial charge in [0.05, 0.1) is 18.1 Å². The fraction of sp³-hybridized carbons (Fsp3) is 0.171. The molecule has 0 aliphatic heterocycles. The quantitative estimate of drug-likeness (QED) is 0.144. The van der Waals surface area contributed by atoms with Crippen LogP contribution in [0.1, 0.15) is 7.43 Å². The van der Waals surface area contributed by atoms with Crippen molar-refractivity contribution < 1.29 is 8.78 Å². The number of hydrogen-bond donors (Lipinski definition) is 1. The van der Waals surface area contributed by atoms with Gasteiger partial charge in [-0.1, -0.05) is 35.5 Å². The number of nitrogens with zero attached hydrogens (tertiary/aromatic N) is 7. The van der Waals surface area contributed by atoms with Gasteiger partial charge >= 0.3 is 0 Å². The molecule has 8 aromatic heterocycles. The molecule has 13 heteroatoms. The summed E-state index contributed by atoms with van der Waals surface area (Å²) in [6, 6.07) is 28.4. The van der Waals surface area contributed by atoms with Gasteiger partial charge in [0.2, 0.25) is 0 Å². The zero-order valence-corrected chi connectivity index (χ0v) is 32.2. The number of nitrogens with one attached hydrogen (secondary N) is 1. The standard InChI is InChI=1S/C20H17FN4S.C18H14N4S.C2H4BrF.CH4/c1-25(10-8-21)19-7-5-15(13-23-19)17-6-4-14-11-18(26-20(14)24-17)16-3-2-9-22-12-16;1-19-17-7-5-13(11-21-17)15-6-4-12-9-16(23-18(12)22-15)14-3-2-8-20-10-14;3-1-2-4;/h2-7,9,11-13H,8,10H2,1H3;2-11H,1H3,(H,19,21);1-2H2;1H4. The van der Waals surface area contributed by atoms with Crippen molar-refractivity contribution in [1.29, 1.82) is 0 Å². The lowest BCUT2D eigenvalue weighted by Crippen LogP contribution is -2.20. The van der Waals surface area contributed by atoms with Gasteiger partial charge in [-0.3, -0.25) is 14.4 Å². The number of fused-ring (bicyclic) bond motifs is 2. The van der Waals surface area contributed by atoms with Crippen LogP contribution in [-0.2, 0) is 0 Å². The molecule has 0 aliphatic rings. The molecule has 1 N–H and O–H groups in total. The van der Waals surface area contributed by atoms with Crippen LogP contribution < -0.4 is 10.2 Å². The molecule has 0 saturated carbocycles. The molecule has 0 atom stereocenters. The molecule has 276 valence electrons. The highest BCUT2D eigenvalue weighted by Crippen LogP contribution is 2.35. The second-order valence-electron chi connectivity index (χ2n) is 11.5. The van der Waals surface area contributed by atoms with E-state index in [-0.39, 0.29) is 14.1 Å². The lowest BCUT2D eigenvalue weighted by Gasteiger charge is -2.16. The summed E-state index contributed by atoms with van der Waals surface area (Å²) in [5.74, 6) is 1.60. The van der Waals surface area contributed by atoms with Crippen molar-refractivity contribution in [2.45, 2.75) is 7.43 Å². The Morgan fingerprint density at radius 3 is 1.61 bits per heavy atom. The van der Waals surface area contributed by atoms with Crippen molar-refractivity contribution in [3.8, 4) is 43.4 Å². The number of alkyl halides is 3. The van der Waals surface area contributed by atoms with Crippen LogP contribution in [0.15, 0.2) is 122 Å². The highest BCUT2D eigenvalue weighted by atomic mass is 79.9. The van der Waals surface area contributed by atoms with E-state index in [0.717, 1.165) is 70.6 Å². The van der Waals surface area contributed by atoms with Crippen LogP contribution in [0.5, 0.6) is 0 Å². The third kappa shape index (κ3) is 10.0. The molecule has 0 radical (unpaired) electrons. The number of aromatic nitrogens is 6. The molecule has 0 fully saturated rings. The molecule has 0 unspecified atom stereocenters. The van der Waals surface area contributed by atoms with Crippen molar-refractivity contribution in [2.75, 3.05) is 49.5 Å². The maximum atomic E-state index is 12.5. The summed E-state index contributed by atoms with van der Waals surface area (Å²) in [5, 5.41) is 5.75. The Hall–Kier alpha value is -5.24. The Kier molecular flexibility index (Phi) is 14.6. The lowest BCUT2D eigenvalue weighted by molar-refractivity contribution is 0.496. The van der Waals surface area contributed by atoms with Gasteiger partial charge in [0.1, 0.15) is 28.0 Å². The Bertz CT molecular complexity index is 2340. The van der Waals surface area contributed by atoms with E-state index in [1.165, 1.54) is 4.88 Å². The monoisotopic (exact) mass is 824 g/mol. The fourth-order valence-electron chi connectivity index (χ4n) is 5.16. The Morgan fingerprint density at radius 2 is 1.20 bits per heavy atom. The Labute approximate surface area is 330 Å². The zero-order chi connectivity index (χ0) is 37.0. The highest BCUT2D eigenvalue weighted by molar-refractivity contribution is 9.09. The van der Waals surface area contributed by atoms with Gasteiger partial charge in [0.15, 0.2) is 0 Å². The summed E-state index contributed by atoms with van der Waals surface area (Å²) < 4.78 is 23.1. The summed E-state index contributed by atoms with van der Waals surface area (Å²) >= 11 is 6.21. The predicted molar refractivity (Wildman–Crippen MR) is 227 cm³/mol. The third-order valence-electron chi connectivity index (χ3n) is 7.90. The summed E-state index contributed by atoms with van der Waals surface area (Å²) in [5.41, 5.74) is 6.00. The molecule has 8 heterocycles. The van der Waals surface area contributed by atoms with E-state index >= 15 is 0 Å². The molecule has 54 heavy (non-hydrogen) atoms. The number of pyridine rings is 6. The minimum Gasteiger partial charge on any atom is -0.373 e. The molecule has 0 saturated heterocycles. The van der Waals surface area contributed by atoms with E-state index in [0.29, 0.717) is 11.9 Å². The van der Waals surface area contributed by atoms with Crippen LogP contribution in [0, 0.1) is 0 Å². The maximum Gasteiger partial charge on any atom is 0.128 e. The first kappa shape index (κ1) is 40.0. The Morgan fingerprint density at radius 1 is 0.667 bits per heavy atom. The molecule has 8 nitrogen and oxygen atoms in total. The molecular weight excluding hydrogens is 787 g/mol. The van der Waals surface area contributed by atoms with Gasteiger partial charge in [-0.25, -0.2) is 24.3 Å². The number of anilines is 2. The average Bonchev–Trinajstić information content (AvgIpc) is 3.86. The Balaban J connectivity index is 0.000000187. The summed E-state index contributed by atoms with van der Waals surface area (Å²) in [6.07, 6.45) is 10.9. The summed E-state index contributed by atoms with van der Waals surface area (Å²) in [6.45, 7) is -0.321. The molecule has 0 spiro atoms. The first-order chi connectivity index (χ1) is 26.0. The molecule has 0 aliphatic carbocycles. The average molecular weight is 826 g/mol. The lowest BCUT2D eigenvalue weighted by atomic mass is 10.1. The minimum absolute atomic E-state index is 0. The number of rotatable bonds is 9. The van der Waals surface area contributed by atoms with Crippen molar-refractivity contribution in [3.05, 3.63) is 122 Å². The maximum absolute atomic E-state index is 12.5. The van der Waals surface area contributed by atoms with Crippen molar-refractivity contribution in [1.82, 2.24) is 29.9 Å². The predicted octanol–water partition coefficient (Wildman–Crippen LogP) is 11.3. The topological polar surface area (TPSA) is 92.6 Å². The van der Waals surface area contributed by atoms with Crippen molar-refractivity contribution >= 4 is 70.7 Å². The van der Waals surface area contributed by atoms with E-state index in [1.54, 1.807) is 46.2 Å². The number of thiophene rings is 2. The van der Waals surface area contributed by atoms with Crippen LogP contribution in [0.25, 0.3) is 63.8 Å². The number of halogens is 3. The van der Waals surface area contributed by atoms with Crippen LogP contribution in [0.3, 0.4) is 0 Å². The summed E-state index contributed by atoms with van der Waals surface area (Å²) in [7, 11) is 3.69. The SMILES string of the molecule is C.CN(CCF)c1ccc(-c2ccc3cc(-c4cccnc4)sc3n2)cn1.CNc1ccc(-c2ccc3cc(-c4cccnc4)sc3n2)cn1.FCCBr. The molecule has 8 aromatic rings. The van der Waals surface area contributed by atoms with Gasteiger partial charge in [-0.05, 0) is 72.8 Å². The van der Waals surface area contributed by atoms with Gasteiger partial charge < -0.3 is 10.2 Å². The largest absolute Gasteiger partial charge is 0.373 e. The molecule has 0 amide bonds. The van der Waals surface area contributed by atoms with Crippen LogP contribution in [0.2, 0.25) is 0 Å². The summed E-state index contributed by atoms with van der Waals surface area (Å²) in [4.78, 5) is 32.8. The van der Waals surface area contributed by atoms with Crippen LogP contribution in [-0.4, -0.2) is 69.2 Å². The second-order valence-corrected chi connectivity index (χ2v) is 14.3. The van der Waals surface area contributed by atoms with Crippen LogP contribution >= 0.6 is 38.6 Å². The minimum atomic E-state index is -0.393. The van der Waals surface area contributed by atoms with Crippen molar-refractivity contribution in [2.24, 2.45) is 0 Å². The van der Waals surface area contributed by atoms with Gasteiger partial charge in [-0.15, -0.1) is 22.7 Å². The first-order valence-electron chi connectivity index (χ1n) is 16.6. The third-order valence-corrected chi connectivity index (χ3v) is 10.4. The second kappa shape index (κ2) is 19.7. The van der Waals surface area contributed by atoms with Crippen LogP contribution in [0.4, 0.5) is 20.4 Å². The smallest absolute Gasteiger partial charge is 0.128 e. The van der Waals surface area contributed by atoms with Gasteiger partial charge in [-0.2, -0.15) is 0 Å².